The fourth-order valence-electron chi connectivity index (χ4n) is 2.45. The molecule has 0 saturated carbocycles. The van der Waals surface area contributed by atoms with E-state index in [-0.39, 0.29) is 12.4 Å². The van der Waals surface area contributed by atoms with Crippen molar-refractivity contribution in [3.8, 4) is 5.75 Å². The quantitative estimate of drug-likeness (QED) is 0.926. The number of benzene rings is 1. The predicted molar refractivity (Wildman–Crippen MR) is 82.7 cm³/mol. The summed E-state index contributed by atoms with van der Waals surface area (Å²) in [5.74, 6) is 0.885. The van der Waals surface area contributed by atoms with Crippen LogP contribution in [0.25, 0.3) is 0 Å². The maximum atomic E-state index is 5.83. The second kappa shape index (κ2) is 7.95. The highest BCUT2D eigenvalue weighted by Gasteiger charge is 2.20. The summed E-state index contributed by atoms with van der Waals surface area (Å²) < 4.78 is 5.71. The fourth-order valence-corrected chi connectivity index (χ4v) is 2.57. The van der Waals surface area contributed by atoms with Gasteiger partial charge in [0.2, 0.25) is 0 Å². The van der Waals surface area contributed by atoms with Gasteiger partial charge in [0.25, 0.3) is 0 Å². The van der Waals surface area contributed by atoms with Gasteiger partial charge in [0.05, 0.1) is 0 Å². The second-order valence-electron chi connectivity index (χ2n) is 5.03. The summed E-state index contributed by atoms with van der Waals surface area (Å²) in [6, 6.07) is 8.64. The number of nitrogens with one attached hydrogen (secondary N) is 1. The monoisotopic (exact) mass is 304 g/mol. The Morgan fingerprint density at radius 2 is 1.79 bits per heavy atom. The van der Waals surface area contributed by atoms with E-state index in [0.717, 1.165) is 37.0 Å². The molecule has 1 aromatic rings. The van der Waals surface area contributed by atoms with Crippen molar-refractivity contribution in [3.63, 3.8) is 0 Å². The Bertz CT molecular complexity index is 362. The van der Waals surface area contributed by atoms with Crippen LogP contribution in [0.3, 0.4) is 0 Å². The number of halogens is 2. The smallest absolute Gasteiger partial charge is 0.119 e. The van der Waals surface area contributed by atoms with Crippen LogP contribution in [0.4, 0.5) is 0 Å². The van der Waals surface area contributed by atoms with Crippen molar-refractivity contribution >= 4 is 24.0 Å². The number of hydrogen-bond donors (Lipinski definition) is 1. The molecule has 5 heteroatoms. The molecule has 1 aliphatic rings. The van der Waals surface area contributed by atoms with E-state index in [1.54, 1.807) is 0 Å². The van der Waals surface area contributed by atoms with Gasteiger partial charge in [-0.15, -0.1) is 12.4 Å². The molecular weight excluding hydrogens is 283 g/mol. The Balaban J connectivity index is 0.00000180. The third-order valence-electron chi connectivity index (χ3n) is 3.12. The molecule has 108 valence electrons. The van der Waals surface area contributed by atoms with Crippen molar-refractivity contribution in [3.05, 3.63) is 29.3 Å². The van der Waals surface area contributed by atoms with E-state index in [4.69, 9.17) is 16.3 Å². The van der Waals surface area contributed by atoms with Crippen LogP contribution in [-0.4, -0.2) is 43.2 Å². The van der Waals surface area contributed by atoms with Crippen LogP contribution in [0.15, 0.2) is 24.3 Å². The maximum absolute atomic E-state index is 5.83. The molecule has 1 aromatic carbocycles. The van der Waals surface area contributed by atoms with E-state index < -0.39 is 0 Å². The Kier molecular flexibility index (Phi) is 6.94. The molecule has 2 rings (SSSR count). The summed E-state index contributed by atoms with van der Waals surface area (Å²) in [5.41, 5.74) is 0. The topological polar surface area (TPSA) is 24.5 Å². The summed E-state index contributed by atoms with van der Waals surface area (Å²) in [7, 11) is 0. The van der Waals surface area contributed by atoms with Gasteiger partial charge in [-0.05, 0) is 38.1 Å². The Hall–Kier alpha value is -0.480. The highest BCUT2D eigenvalue weighted by atomic mass is 35.5. The Morgan fingerprint density at radius 1 is 1.21 bits per heavy atom. The lowest BCUT2D eigenvalue weighted by atomic mass is 10.1. The van der Waals surface area contributed by atoms with Gasteiger partial charge in [0.15, 0.2) is 0 Å². The van der Waals surface area contributed by atoms with Crippen LogP contribution in [0.5, 0.6) is 5.75 Å². The molecule has 0 spiro atoms. The molecule has 0 amide bonds. The highest BCUT2D eigenvalue weighted by Crippen LogP contribution is 2.15. The van der Waals surface area contributed by atoms with E-state index >= 15 is 0 Å². The van der Waals surface area contributed by atoms with Gasteiger partial charge in [0, 0.05) is 36.7 Å². The van der Waals surface area contributed by atoms with Crippen LogP contribution in [0, 0.1) is 0 Å². The van der Waals surface area contributed by atoms with E-state index in [0.29, 0.717) is 12.1 Å². The minimum Gasteiger partial charge on any atom is -0.492 e. The lowest BCUT2D eigenvalue weighted by molar-refractivity contribution is 0.146. The first-order valence-corrected chi connectivity index (χ1v) is 6.88. The molecule has 1 saturated heterocycles. The summed E-state index contributed by atoms with van der Waals surface area (Å²) in [6.07, 6.45) is 0. The van der Waals surface area contributed by atoms with E-state index in [9.17, 15) is 0 Å². The van der Waals surface area contributed by atoms with Gasteiger partial charge in [0.1, 0.15) is 12.4 Å². The van der Waals surface area contributed by atoms with Crippen LogP contribution < -0.4 is 10.1 Å². The molecule has 1 heterocycles. The first kappa shape index (κ1) is 16.6. The van der Waals surface area contributed by atoms with Gasteiger partial charge in [-0.25, -0.2) is 0 Å². The van der Waals surface area contributed by atoms with Gasteiger partial charge < -0.3 is 10.1 Å². The molecule has 0 aromatic heterocycles. The average Bonchev–Trinajstić information content (AvgIpc) is 2.30. The Labute approximate surface area is 126 Å². The molecule has 19 heavy (non-hydrogen) atoms. The maximum Gasteiger partial charge on any atom is 0.119 e. The lowest BCUT2D eigenvalue weighted by Crippen LogP contribution is -2.54. The molecule has 3 nitrogen and oxygen atoms in total. The van der Waals surface area contributed by atoms with Crippen LogP contribution in [0.1, 0.15) is 13.8 Å². The second-order valence-corrected chi connectivity index (χ2v) is 5.47. The minimum atomic E-state index is 0. The Morgan fingerprint density at radius 3 is 2.37 bits per heavy atom. The van der Waals surface area contributed by atoms with Gasteiger partial charge in [-0.1, -0.05) is 11.6 Å². The SMILES string of the molecule is CC1CN(CCOc2ccc(Cl)cc2)CC(C)N1.Cl. The standard InChI is InChI=1S/C14H21ClN2O.ClH/c1-11-9-17(10-12(2)16-11)7-8-18-14-5-3-13(15)4-6-14;/h3-6,11-12,16H,7-10H2,1-2H3;1H. The zero-order chi connectivity index (χ0) is 13.0. The van der Waals surface area contributed by atoms with Crippen LogP contribution in [-0.2, 0) is 0 Å². The van der Waals surface area contributed by atoms with Crippen molar-refractivity contribution in [1.82, 2.24) is 10.2 Å². The zero-order valence-corrected chi connectivity index (χ0v) is 13.0. The van der Waals surface area contributed by atoms with E-state index in [1.165, 1.54) is 0 Å². The van der Waals surface area contributed by atoms with Crippen molar-refractivity contribution in [2.75, 3.05) is 26.2 Å². The molecule has 2 atom stereocenters. The first-order chi connectivity index (χ1) is 8.63. The van der Waals surface area contributed by atoms with Gasteiger partial charge in [-0.2, -0.15) is 0 Å². The molecule has 1 fully saturated rings. The van der Waals surface area contributed by atoms with E-state index in [1.807, 2.05) is 24.3 Å². The minimum absolute atomic E-state index is 0. The fraction of sp³-hybridized carbons (Fsp3) is 0.571. The molecule has 0 bridgehead atoms. The van der Waals surface area contributed by atoms with Crippen molar-refractivity contribution < 1.29 is 4.74 Å². The number of ether oxygens (including phenoxy) is 1. The third kappa shape index (κ3) is 5.57. The van der Waals surface area contributed by atoms with Crippen LogP contribution in [0.2, 0.25) is 5.02 Å². The highest BCUT2D eigenvalue weighted by molar-refractivity contribution is 6.30. The molecular formula is C14H22Cl2N2O. The summed E-state index contributed by atoms with van der Waals surface area (Å²) in [5, 5.41) is 4.27. The third-order valence-corrected chi connectivity index (χ3v) is 3.38. The molecule has 1 N–H and O–H groups in total. The lowest BCUT2D eigenvalue weighted by Gasteiger charge is -2.35. The number of piperazine rings is 1. The number of hydrogen-bond acceptors (Lipinski definition) is 3. The van der Waals surface area contributed by atoms with Gasteiger partial charge >= 0.3 is 0 Å². The van der Waals surface area contributed by atoms with Crippen LogP contribution >= 0.6 is 24.0 Å². The molecule has 0 radical (unpaired) electrons. The molecule has 2 unspecified atom stereocenters. The normalized spacial score (nSPS) is 23.7. The molecule has 0 aliphatic carbocycles. The van der Waals surface area contributed by atoms with Crippen molar-refractivity contribution in [2.45, 2.75) is 25.9 Å². The number of rotatable bonds is 4. The average molecular weight is 305 g/mol. The van der Waals surface area contributed by atoms with Crippen molar-refractivity contribution in [1.29, 1.82) is 0 Å². The predicted octanol–water partition coefficient (Wildman–Crippen LogP) is 2.82. The van der Waals surface area contributed by atoms with E-state index in [2.05, 4.69) is 24.1 Å². The summed E-state index contributed by atoms with van der Waals surface area (Å²) in [4.78, 5) is 2.45. The molecule has 1 aliphatic heterocycles. The first-order valence-electron chi connectivity index (χ1n) is 6.50. The van der Waals surface area contributed by atoms with Crippen molar-refractivity contribution in [2.24, 2.45) is 0 Å². The van der Waals surface area contributed by atoms with Gasteiger partial charge in [-0.3, -0.25) is 4.90 Å². The zero-order valence-electron chi connectivity index (χ0n) is 11.4. The largest absolute Gasteiger partial charge is 0.492 e. The summed E-state index contributed by atoms with van der Waals surface area (Å²) in [6.45, 7) is 8.33. The summed E-state index contributed by atoms with van der Waals surface area (Å²) >= 11 is 5.83. The number of nitrogens with zero attached hydrogens (tertiary/aromatic N) is 1.